The third-order valence-electron chi connectivity index (χ3n) is 4.02. The van der Waals surface area contributed by atoms with Crippen molar-refractivity contribution in [2.75, 3.05) is 6.61 Å². The van der Waals surface area contributed by atoms with Crippen LogP contribution in [0.15, 0.2) is 48.5 Å². The van der Waals surface area contributed by atoms with Crippen molar-refractivity contribution in [3.63, 3.8) is 0 Å². The van der Waals surface area contributed by atoms with Crippen LogP contribution in [-0.4, -0.2) is 6.61 Å². The number of rotatable bonds is 3. The van der Waals surface area contributed by atoms with Gasteiger partial charge in [0.25, 0.3) is 0 Å². The highest BCUT2D eigenvalue weighted by Crippen LogP contribution is 2.38. The molecule has 2 aromatic carbocycles. The highest BCUT2D eigenvalue weighted by molar-refractivity contribution is 6.21. The summed E-state index contributed by atoms with van der Waals surface area (Å²) in [4.78, 5) is 0. The van der Waals surface area contributed by atoms with Crippen LogP contribution in [0.3, 0.4) is 0 Å². The van der Waals surface area contributed by atoms with Crippen LogP contribution in [0.4, 0.5) is 0 Å². The lowest BCUT2D eigenvalue weighted by molar-refractivity contribution is 0.288. The van der Waals surface area contributed by atoms with E-state index in [2.05, 4.69) is 49.4 Å². The van der Waals surface area contributed by atoms with Gasteiger partial charge in [0.15, 0.2) is 0 Å². The summed E-state index contributed by atoms with van der Waals surface area (Å²) in [7, 11) is 0. The molecule has 0 radical (unpaired) electrons. The molecule has 0 amide bonds. The molecule has 1 aliphatic rings. The molecule has 0 aromatic heterocycles. The molecule has 0 spiro atoms. The molecule has 3 rings (SSSR count). The monoisotopic (exact) mass is 286 g/mol. The molecule has 1 aliphatic heterocycles. The summed E-state index contributed by atoms with van der Waals surface area (Å²) in [5, 5.41) is -0.00961. The van der Waals surface area contributed by atoms with Gasteiger partial charge >= 0.3 is 0 Å². The van der Waals surface area contributed by atoms with Gasteiger partial charge in [-0.2, -0.15) is 0 Å². The fraction of sp³-hybridized carbons (Fsp3) is 0.333. The molecule has 2 atom stereocenters. The molecular formula is C18H19ClO. The molecule has 0 N–H and O–H groups in total. The molecule has 0 saturated carbocycles. The van der Waals surface area contributed by atoms with Crippen LogP contribution >= 0.6 is 11.6 Å². The molecular weight excluding hydrogens is 268 g/mol. The van der Waals surface area contributed by atoms with Gasteiger partial charge in [-0.15, -0.1) is 11.6 Å². The van der Waals surface area contributed by atoms with E-state index in [-0.39, 0.29) is 5.38 Å². The van der Waals surface area contributed by atoms with Gasteiger partial charge in [-0.05, 0) is 35.6 Å². The van der Waals surface area contributed by atoms with E-state index in [0.717, 1.165) is 25.2 Å². The molecule has 0 aliphatic carbocycles. The highest BCUT2D eigenvalue weighted by Gasteiger charge is 2.20. The minimum atomic E-state index is -0.00961. The SMILES string of the molecule is CC(c1ccccc1)C(Cl)c1ccc2c(c1)CCCO2. The van der Waals surface area contributed by atoms with Gasteiger partial charge in [0.1, 0.15) is 5.75 Å². The van der Waals surface area contributed by atoms with Crippen LogP contribution in [0.25, 0.3) is 0 Å². The Balaban J connectivity index is 1.85. The molecule has 104 valence electrons. The lowest BCUT2D eigenvalue weighted by Crippen LogP contribution is -2.10. The Bertz CT molecular complexity index is 579. The van der Waals surface area contributed by atoms with E-state index in [0.29, 0.717) is 5.92 Å². The minimum Gasteiger partial charge on any atom is -0.493 e. The molecule has 1 nitrogen and oxygen atoms in total. The maximum atomic E-state index is 6.69. The summed E-state index contributed by atoms with van der Waals surface area (Å²) in [5.41, 5.74) is 3.76. The van der Waals surface area contributed by atoms with Crippen LogP contribution in [0.1, 0.15) is 41.3 Å². The van der Waals surface area contributed by atoms with Gasteiger partial charge in [-0.3, -0.25) is 0 Å². The topological polar surface area (TPSA) is 9.23 Å². The van der Waals surface area contributed by atoms with Crippen LogP contribution in [0.2, 0.25) is 0 Å². The van der Waals surface area contributed by atoms with E-state index in [1.54, 1.807) is 0 Å². The summed E-state index contributed by atoms with van der Waals surface area (Å²) in [5.74, 6) is 1.32. The average Bonchev–Trinajstić information content (AvgIpc) is 2.54. The van der Waals surface area contributed by atoms with Crippen LogP contribution in [-0.2, 0) is 6.42 Å². The quantitative estimate of drug-likeness (QED) is 0.714. The van der Waals surface area contributed by atoms with Gasteiger partial charge in [0.05, 0.1) is 12.0 Å². The average molecular weight is 287 g/mol. The molecule has 1 heterocycles. The Morgan fingerprint density at radius 2 is 1.85 bits per heavy atom. The largest absolute Gasteiger partial charge is 0.493 e. The van der Waals surface area contributed by atoms with E-state index < -0.39 is 0 Å². The third-order valence-corrected chi connectivity index (χ3v) is 4.65. The van der Waals surface area contributed by atoms with Crippen LogP contribution < -0.4 is 4.74 Å². The second-order valence-corrected chi connectivity index (χ2v) is 5.89. The first kappa shape index (κ1) is 13.5. The standard InChI is InChI=1S/C18H19ClO/c1-13(14-6-3-2-4-7-14)18(19)16-9-10-17-15(12-16)8-5-11-20-17/h2-4,6-7,9-10,12-13,18H,5,8,11H2,1H3. The van der Waals surface area contributed by atoms with E-state index >= 15 is 0 Å². The number of aryl methyl sites for hydroxylation is 1. The van der Waals surface area contributed by atoms with Crippen molar-refractivity contribution in [3.8, 4) is 5.75 Å². The van der Waals surface area contributed by atoms with Crippen molar-refractivity contribution in [3.05, 3.63) is 65.2 Å². The maximum Gasteiger partial charge on any atom is 0.122 e. The van der Waals surface area contributed by atoms with E-state index in [4.69, 9.17) is 16.3 Å². The summed E-state index contributed by atoms with van der Waals surface area (Å²) in [6.07, 6.45) is 2.18. The number of alkyl halides is 1. The Labute approximate surface area is 125 Å². The molecule has 2 unspecified atom stereocenters. The van der Waals surface area contributed by atoms with Crippen molar-refractivity contribution in [2.24, 2.45) is 0 Å². The number of fused-ring (bicyclic) bond motifs is 1. The van der Waals surface area contributed by atoms with Crippen LogP contribution in [0, 0.1) is 0 Å². The zero-order valence-corrected chi connectivity index (χ0v) is 12.4. The molecule has 0 fully saturated rings. The molecule has 20 heavy (non-hydrogen) atoms. The van der Waals surface area contributed by atoms with Crippen LogP contribution in [0.5, 0.6) is 5.75 Å². The van der Waals surface area contributed by atoms with Crippen molar-refractivity contribution in [2.45, 2.75) is 31.1 Å². The van der Waals surface area contributed by atoms with Crippen molar-refractivity contribution in [1.29, 1.82) is 0 Å². The van der Waals surface area contributed by atoms with Gasteiger partial charge in [-0.1, -0.05) is 49.4 Å². The molecule has 0 bridgehead atoms. The first-order chi connectivity index (χ1) is 9.75. The number of hydrogen-bond donors (Lipinski definition) is 0. The number of benzene rings is 2. The normalized spacial score (nSPS) is 16.9. The van der Waals surface area contributed by atoms with Crippen molar-refractivity contribution >= 4 is 11.6 Å². The number of ether oxygens (including phenoxy) is 1. The fourth-order valence-electron chi connectivity index (χ4n) is 2.77. The smallest absolute Gasteiger partial charge is 0.122 e. The highest BCUT2D eigenvalue weighted by atomic mass is 35.5. The number of halogens is 1. The van der Waals surface area contributed by atoms with Gasteiger partial charge in [-0.25, -0.2) is 0 Å². The second kappa shape index (κ2) is 5.88. The van der Waals surface area contributed by atoms with Crippen molar-refractivity contribution in [1.82, 2.24) is 0 Å². The Morgan fingerprint density at radius 3 is 2.65 bits per heavy atom. The van der Waals surface area contributed by atoms with E-state index in [1.165, 1.54) is 16.7 Å². The number of hydrogen-bond acceptors (Lipinski definition) is 1. The summed E-state index contributed by atoms with van der Waals surface area (Å²) in [6.45, 7) is 3.01. The third kappa shape index (κ3) is 2.69. The lowest BCUT2D eigenvalue weighted by Gasteiger charge is -2.22. The summed E-state index contributed by atoms with van der Waals surface area (Å²) in [6, 6.07) is 16.8. The minimum absolute atomic E-state index is 0.00961. The first-order valence-electron chi connectivity index (χ1n) is 7.20. The Hall–Kier alpha value is -1.47. The predicted octanol–water partition coefficient (Wildman–Crippen LogP) is 5.10. The molecule has 0 saturated heterocycles. The molecule has 2 aromatic rings. The lowest BCUT2D eigenvalue weighted by atomic mass is 9.91. The van der Waals surface area contributed by atoms with Crippen molar-refractivity contribution < 1.29 is 4.74 Å². The summed E-state index contributed by atoms with van der Waals surface area (Å²) < 4.78 is 5.66. The van der Waals surface area contributed by atoms with Gasteiger partial charge < -0.3 is 4.74 Å². The fourth-order valence-corrected chi connectivity index (χ4v) is 3.05. The van der Waals surface area contributed by atoms with E-state index in [9.17, 15) is 0 Å². The summed E-state index contributed by atoms with van der Waals surface area (Å²) >= 11 is 6.69. The van der Waals surface area contributed by atoms with E-state index in [1.807, 2.05) is 6.07 Å². The maximum absolute atomic E-state index is 6.69. The molecule has 2 heteroatoms. The Kier molecular flexibility index (Phi) is 3.98. The second-order valence-electron chi connectivity index (χ2n) is 5.42. The predicted molar refractivity (Wildman–Crippen MR) is 83.7 cm³/mol. The van der Waals surface area contributed by atoms with Gasteiger partial charge in [0, 0.05) is 5.92 Å². The Morgan fingerprint density at radius 1 is 1.05 bits per heavy atom. The zero-order valence-electron chi connectivity index (χ0n) is 11.7. The van der Waals surface area contributed by atoms with Gasteiger partial charge in [0.2, 0.25) is 0 Å². The first-order valence-corrected chi connectivity index (χ1v) is 7.64. The zero-order chi connectivity index (χ0) is 13.9.